The number of nitrogens with zero attached hydrogens (tertiary/aromatic N) is 1. The molecule has 1 heterocycles. The number of rotatable bonds is 6. The molecule has 0 aliphatic heterocycles. The maximum absolute atomic E-state index is 5.99. The van der Waals surface area contributed by atoms with Crippen LogP contribution in [-0.2, 0) is 4.74 Å². The Morgan fingerprint density at radius 2 is 2.20 bits per heavy atom. The average molecular weight is 338 g/mol. The molecule has 3 N–H and O–H groups in total. The smallest absolute Gasteiger partial charge is 0.0954 e. The van der Waals surface area contributed by atoms with E-state index in [0.717, 1.165) is 39.9 Å². The van der Waals surface area contributed by atoms with Crippen LogP contribution in [0.2, 0.25) is 0 Å². The van der Waals surface area contributed by atoms with E-state index in [1.165, 1.54) is 0 Å². The lowest BCUT2D eigenvalue weighted by molar-refractivity contribution is 0.118. The molecule has 4 nitrogen and oxygen atoms in total. The molecular weight excluding hydrogens is 318 g/mol. The summed E-state index contributed by atoms with van der Waals surface area (Å²) in [6, 6.07) is 5.84. The van der Waals surface area contributed by atoms with Crippen molar-refractivity contribution in [1.29, 1.82) is 0 Å². The number of anilines is 2. The van der Waals surface area contributed by atoms with E-state index in [-0.39, 0.29) is 0 Å². The molecule has 1 aromatic carbocycles. The van der Waals surface area contributed by atoms with E-state index in [4.69, 9.17) is 10.5 Å². The van der Waals surface area contributed by atoms with Gasteiger partial charge in [0.1, 0.15) is 0 Å². The van der Waals surface area contributed by atoms with Crippen molar-refractivity contribution in [2.75, 3.05) is 30.8 Å². The van der Waals surface area contributed by atoms with Crippen LogP contribution in [0.5, 0.6) is 0 Å². The summed E-state index contributed by atoms with van der Waals surface area (Å²) in [5, 5.41) is 4.30. The number of nitrogens with one attached hydrogen (secondary N) is 1. The second-order valence-electron chi connectivity index (χ2n) is 5.15. The summed E-state index contributed by atoms with van der Waals surface area (Å²) in [5.74, 6) is 0.561. The van der Waals surface area contributed by atoms with Gasteiger partial charge in [-0.2, -0.15) is 0 Å². The van der Waals surface area contributed by atoms with Gasteiger partial charge in [0, 0.05) is 34.9 Å². The third kappa shape index (κ3) is 3.84. The molecule has 5 heteroatoms. The number of aromatic nitrogens is 1. The van der Waals surface area contributed by atoms with Crippen LogP contribution in [0.3, 0.4) is 0 Å². The fraction of sp³-hybridized carbons (Fsp3) is 0.400. The van der Waals surface area contributed by atoms with Gasteiger partial charge in [0.2, 0.25) is 0 Å². The number of pyridine rings is 1. The number of halogens is 1. The fourth-order valence-electron chi connectivity index (χ4n) is 1.94. The average Bonchev–Trinajstić information content (AvgIpc) is 2.41. The highest BCUT2D eigenvalue weighted by molar-refractivity contribution is 9.10. The van der Waals surface area contributed by atoms with E-state index in [9.17, 15) is 0 Å². The minimum Gasteiger partial charge on any atom is -0.398 e. The summed E-state index contributed by atoms with van der Waals surface area (Å²) in [7, 11) is 0. The molecule has 0 aliphatic rings. The molecule has 0 radical (unpaired) electrons. The first-order valence-corrected chi connectivity index (χ1v) is 7.52. The summed E-state index contributed by atoms with van der Waals surface area (Å²) in [5.41, 5.74) is 8.59. The molecule has 20 heavy (non-hydrogen) atoms. The van der Waals surface area contributed by atoms with Crippen LogP contribution in [0, 0.1) is 5.92 Å². The Kier molecular flexibility index (Phi) is 5.20. The van der Waals surface area contributed by atoms with Crippen molar-refractivity contribution in [2.45, 2.75) is 13.8 Å². The molecular formula is C15H20BrN3O. The van der Waals surface area contributed by atoms with Crippen molar-refractivity contribution in [1.82, 2.24) is 4.98 Å². The topological polar surface area (TPSA) is 60.2 Å². The quantitative estimate of drug-likeness (QED) is 0.623. The first-order valence-electron chi connectivity index (χ1n) is 6.73. The van der Waals surface area contributed by atoms with E-state index in [1.807, 2.05) is 18.2 Å². The van der Waals surface area contributed by atoms with Crippen LogP contribution in [-0.4, -0.2) is 24.7 Å². The number of benzene rings is 1. The second kappa shape index (κ2) is 6.90. The molecule has 108 valence electrons. The first-order chi connectivity index (χ1) is 9.58. The van der Waals surface area contributed by atoms with Crippen LogP contribution in [0.1, 0.15) is 13.8 Å². The van der Waals surface area contributed by atoms with Crippen molar-refractivity contribution < 1.29 is 4.74 Å². The summed E-state index contributed by atoms with van der Waals surface area (Å²) < 4.78 is 6.48. The fourth-order valence-corrected chi connectivity index (χ4v) is 2.27. The lowest BCUT2D eigenvalue weighted by atomic mass is 10.1. The van der Waals surface area contributed by atoms with Gasteiger partial charge in [-0.25, -0.2) is 0 Å². The SMILES string of the molecule is CC(C)COCCNc1ccc(N)c2cc(Br)cnc12. The van der Waals surface area contributed by atoms with Crippen LogP contribution in [0.4, 0.5) is 11.4 Å². The third-order valence-electron chi connectivity index (χ3n) is 2.86. The molecule has 0 saturated carbocycles. The largest absolute Gasteiger partial charge is 0.398 e. The number of hydrogen-bond acceptors (Lipinski definition) is 4. The summed E-state index contributed by atoms with van der Waals surface area (Å²) in [6.45, 7) is 6.50. The first kappa shape index (κ1) is 15.1. The Morgan fingerprint density at radius 3 is 2.95 bits per heavy atom. The monoisotopic (exact) mass is 337 g/mol. The normalized spacial score (nSPS) is 11.2. The predicted octanol–water partition coefficient (Wildman–Crippen LogP) is 3.66. The Morgan fingerprint density at radius 1 is 1.40 bits per heavy atom. The van der Waals surface area contributed by atoms with Crippen molar-refractivity contribution >= 4 is 38.2 Å². The Balaban J connectivity index is 2.05. The van der Waals surface area contributed by atoms with E-state index < -0.39 is 0 Å². The van der Waals surface area contributed by atoms with Gasteiger partial charge < -0.3 is 15.8 Å². The molecule has 0 saturated heterocycles. The lowest BCUT2D eigenvalue weighted by Gasteiger charge is -2.12. The van der Waals surface area contributed by atoms with Crippen LogP contribution < -0.4 is 11.1 Å². The van der Waals surface area contributed by atoms with Gasteiger partial charge in [-0.05, 0) is 40.0 Å². The second-order valence-corrected chi connectivity index (χ2v) is 6.06. The lowest BCUT2D eigenvalue weighted by Crippen LogP contribution is -2.12. The highest BCUT2D eigenvalue weighted by Crippen LogP contribution is 2.28. The van der Waals surface area contributed by atoms with Crippen LogP contribution >= 0.6 is 15.9 Å². The molecule has 2 rings (SSSR count). The zero-order valence-electron chi connectivity index (χ0n) is 11.8. The van der Waals surface area contributed by atoms with Gasteiger partial charge in [0.05, 0.1) is 17.8 Å². The molecule has 1 aromatic heterocycles. The van der Waals surface area contributed by atoms with Crippen molar-refractivity contribution in [3.8, 4) is 0 Å². The Labute approximate surface area is 127 Å². The number of nitrogens with two attached hydrogens (primary N) is 1. The van der Waals surface area contributed by atoms with Gasteiger partial charge >= 0.3 is 0 Å². The van der Waals surface area contributed by atoms with Crippen LogP contribution in [0.25, 0.3) is 10.9 Å². The highest BCUT2D eigenvalue weighted by atomic mass is 79.9. The summed E-state index contributed by atoms with van der Waals surface area (Å²) in [4.78, 5) is 4.44. The maximum Gasteiger partial charge on any atom is 0.0954 e. The van der Waals surface area contributed by atoms with Crippen molar-refractivity contribution in [3.05, 3.63) is 28.9 Å². The van der Waals surface area contributed by atoms with Crippen molar-refractivity contribution in [3.63, 3.8) is 0 Å². The minimum absolute atomic E-state index is 0.561. The van der Waals surface area contributed by atoms with Gasteiger partial charge in [0.25, 0.3) is 0 Å². The highest BCUT2D eigenvalue weighted by Gasteiger charge is 2.06. The zero-order chi connectivity index (χ0) is 14.5. The standard InChI is InChI=1S/C15H20BrN3O/c1-10(2)9-20-6-5-18-14-4-3-13(17)12-7-11(16)8-19-15(12)14/h3-4,7-8,10,18H,5-6,9,17H2,1-2H3. The molecule has 0 unspecified atom stereocenters. The summed E-state index contributed by atoms with van der Waals surface area (Å²) in [6.07, 6.45) is 1.78. The molecule has 2 aromatic rings. The number of nitrogen functional groups attached to an aromatic ring is 1. The van der Waals surface area contributed by atoms with E-state index in [0.29, 0.717) is 12.5 Å². The van der Waals surface area contributed by atoms with E-state index in [2.05, 4.69) is 40.1 Å². The molecule has 0 fully saturated rings. The van der Waals surface area contributed by atoms with E-state index in [1.54, 1.807) is 6.20 Å². The molecule has 0 spiro atoms. The van der Waals surface area contributed by atoms with Gasteiger partial charge in [-0.15, -0.1) is 0 Å². The Hall–Kier alpha value is -1.33. The van der Waals surface area contributed by atoms with Gasteiger partial charge in [-0.1, -0.05) is 13.8 Å². The van der Waals surface area contributed by atoms with Crippen molar-refractivity contribution in [2.24, 2.45) is 5.92 Å². The molecule has 0 atom stereocenters. The summed E-state index contributed by atoms with van der Waals surface area (Å²) >= 11 is 3.42. The van der Waals surface area contributed by atoms with Crippen LogP contribution in [0.15, 0.2) is 28.9 Å². The number of fused-ring (bicyclic) bond motifs is 1. The minimum atomic E-state index is 0.561. The van der Waals surface area contributed by atoms with Gasteiger partial charge in [0.15, 0.2) is 0 Å². The van der Waals surface area contributed by atoms with E-state index >= 15 is 0 Å². The molecule has 0 amide bonds. The predicted molar refractivity (Wildman–Crippen MR) is 88.0 cm³/mol. The number of hydrogen-bond donors (Lipinski definition) is 2. The number of ether oxygens (including phenoxy) is 1. The molecule has 0 aliphatic carbocycles. The zero-order valence-corrected chi connectivity index (χ0v) is 13.4. The third-order valence-corrected chi connectivity index (χ3v) is 3.30. The Bertz CT molecular complexity index is 587. The maximum atomic E-state index is 5.99. The molecule has 0 bridgehead atoms. The van der Waals surface area contributed by atoms with Gasteiger partial charge in [-0.3, -0.25) is 4.98 Å².